The third kappa shape index (κ3) is 2.41. The average molecular weight is 303 g/mol. The molecule has 2 unspecified atom stereocenters. The fraction of sp³-hybridized carbons (Fsp3) is 0.588. The maximum atomic E-state index is 14.1. The first kappa shape index (κ1) is 15.4. The minimum Gasteiger partial charge on any atom is -0.370 e. The molecule has 2 aliphatic heterocycles. The van der Waals surface area contributed by atoms with E-state index in [1.165, 1.54) is 0 Å². The Morgan fingerprint density at radius 1 is 1.50 bits per heavy atom. The molecule has 1 aromatic rings. The number of fused-ring (bicyclic) bond motifs is 1. The van der Waals surface area contributed by atoms with Gasteiger partial charge in [-0.05, 0) is 37.5 Å². The molecule has 0 bridgehead atoms. The van der Waals surface area contributed by atoms with Gasteiger partial charge in [0, 0.05) is 26.2 Å². The summed E-state index contributed by atoms with van der Waals surface area (Å²) in [7, 11) is 0. The van der Waals surface area contributed by atoms with Crippen LogP contribution in [0.4, 0.5) is 4.39 Å². The van der Waals surface area contributed by atoms with Gasteiger partial charge >= 0.3 is 0 Å². The summed E-state index contributed by atoms with van der Waals surface area (Å²) < 4.78 is 20.2. The quantitative estimate of drug-likeness (QED) is 0.862. The first-order chi connectivity index (χ1) is 10.5. The predicted molar refractivity (Wildman–Crippen MR) is 82.1 cm³/mol. The van der Waals surface area contributed by atoms with Gasteiger partial charge in [-0.2, -0.15) is 5.26 Å². The average Bonchev–Trinajstić information content (AvgIpc) is 2.51. The second-order valence-electron chi connectivity index (χ2n) is 6.63. The zero-order valence-electron chi connectivity index (χ0n) is 13.4. The van der Waals surface area contributed by atoms with Gasteiger partial charge in [0.15, 0.2) is 0 Å². The second kappa shape index (κ2) is 5.62. The SMILES string of the molecule is Cc1cc(C2CN3CCNCC3(C)CO2)c(C)c(C#N)c1F. The number of hydrogen-bond donors (Lipinski definition) is 1. The Labute approximate surface area is 130 Å². The zero-order valence-corrected chi connectivity index (χ0v) is 13.4. The smallest absolute Gasteiger partial charge is 0.144 e. The fourth-order valence-electron chi connectivity index (χ4n) is 3.51. The van der Waals surface area contributed by atoms with E-state index in [-0.39, 0.29) is 17.2 Å². The molecule has 2 atom stereocenters. The molecule has 2 saturated heterocycles. The molecule has 0 saturated carbocycles. The maximum Gasteiger partial charge on any atom is 0.144 e. The number of morpholine rings is 1. The van der Waals surface area contributed by atoms with Gasteiger partial charge in [0.05, 0.1) is 23.8 Å². The summed E-state index contributed by atoms with van der Waals surface area (Å²) in [6, 6.07) is 3.83. The number of rotatable bonds is 1. The number of nitrogens with one attached hydrogen (secondary N) is 1. The number of hydrogen-bond acceptors (Lipinski definition) is 4. The Balaban J connectivity index is 1.93. The first-order valence-electron chi connectivity index (χ1n) is 7.73. The minimum absolute atomic E-state index is 0.0236. The highest BCUT2D eigenvalue weighted by Crippen LogP contribution is 2.34. The van der Waals surface area contributed by atoms with Gasteiger partial charge in [0.25, 0.3) is 0 Å². The highest BCUT2D eigenvalue weighted by atomic mass is 19.1. The molecule has 0 aliphatic carbocycles. The van der Waals surface area contributed by atoms with Crippen molar-refractivity contribution >= 4 is 0 Å². The van der Waals surface area contributed by atoms with Crippen LogP contribution in [0.3, 0.4) is 0 Å². The first-order valence-corrected chi connectivity index (χ1v) is 7.73. The van der Waals surface area contributed by atoms with E-state index in [0.29, 0.717) is 17.7 Å². The van der Waals surface area contributed by atoms with Crippen LogP contribution in [0, 0.1) is 31.0 Å². The molecule has 0 radical (unpaired) electrons. The van der Waals surface area contributed by atoms with Crippen molar-refractivity contribution < 1.29 is 9.13 Å². The number of nitriles is 1. The van der Waals surface area contributed by atoms with E-state index in [0.717, 1.165) is 31.7 Å². The van der Waals surface area contributed by atoms with E-state index in [4.69, 9.17) is 4.74 Å². The van der Waals surface area contributed by atoms with Gasteiger partial charge in [-0.1, -0.05) is 6.07 Å². The molecule has 5 heteroatoms. The summed E-state index contributed by atoms with van der Waals surface area (Å²) in [5, 5.41) is 12.6. The number of piperazine rings is 1. The van der Waals surface area contributed by atoms with Crippen LogP contribution in [0.2, 0.25) is 0 Å². The summed E-state index contributed by atoms with van der Waals surface area (Å²) in [4.78, 5) is 2.45. The lowest BCUT2D eigenvalue weighted by Crippen LogP contribution is -2.65. The number of ether oxygens (including phenoxy) is 1. The summed E-state index contributed by atoms with van der Waals surface area (Å²) in [5.74, 6) is -0.411. The van der Waals surface area contributed by atoms with Crippen molar-refractivity contribution in [2.24, 2.45) is 0 Å². The molecule has 22 heavy (non-hydrogen) atoms. The molecule has 2 heterocycles. The molecule has 1 aromatic carbocycles. The molecule has 3 rings (SSSR count). The van der Waals surface area contributed by atoms with Crippen molar-refractivity contribution in [3.63, 3.8) is 0 Å². The number of nitrogens with zero attached hydrogens (tertiary/aromatic N) is 2. The van der Waals surface area contributed by atoms with Gasteiger partial charge in [-0.3, -0.25) is 4.90 Å². The van der Waals surface area contributed by atoms with Gasteiger partial charge in [-0.25, -0.2) is 4.39 Å². The van der Waals surface area contributed by atoms with Crippen LogP contribution in [0.5, 0.6) is 0 Å². The van der Waals surface area contributed by atoms with Crippen molar-refractivity contribution in [1.82, 2.24) is 10.2 Å². The van der Waals surface area contributed by atoms with Crippen LogP contribution in [0.25, 0.3) is 0 Å². The Bertz CT molecular complexity index is 640. The second-order valence-corrected chi connectivity index (χ2v) is 6.63. The Kier molecular flexibility index (Phi) is 3.94. The van der Waals surface area contributed by atoms with Crippen molar-refractivity contribution in [3.05, 3.63) is 34.1 Å². The van der Waals surface area contributed by atoms with Crippen molar-refractivity contribution in [2.75, 3.05) is 32.8 Å². The highest BCUT2D eigenvalue weighted by molar-refractivity contribution is 5.47. The van der Waals surface area contributed by atoms with E-state index in [2.05, 4.69) is 17.1 Å². The molecular formula is C17H22FN3O. The predicted octanol–water partition coefficient (Wildman–Crippen LogP) is 2.05. The van der Waals surface area contributed by atoms with Gasteiger partial charge in [0.2, 0.25) is 0 Å². The lowest BCUT2D eigenvalue weighted by Gasteiger charge is -2.50. The van der Waals surface area contributed by atoms with Crippen LogP contribution in [-0.2, 0) is 4.74 Å². The standard InChI is InChI=1S/C17H22FN3O/c1-11-6-13(12(2)14(7-19)16(11)18)15-8-21-5-4-20-9-17(21,3)10-22-15/h6,15,20H,4-5,8-10H2,1-3H3. The molecule has 4 nitrogen and oxygen atoms in total. The molecule has 0 aromatic heterocycles. The fourth-order valence-corrected chi connectivity index (χ4v) is 3.51. The summed E-state index contributed by atoms with van der Waals surface area (Å²) in [5.41, 5.74) is 2.32. The van der Waals surface area contributed by atoms with Crippen LogP contribution in [-0.4, -0.2) is 43.2 Å². The largest absolute Gasteiger partial charge is 0.370 e. The lowest BCUT2D eigenvalue weighted by molar-refractivity contribution is -0.115. The third-order valence-electron chi connectivity index (χ3n) is 5.01. The molecule has 1 N–H and O–H groups in total. The van der Waals surface area contributed by atoms with Gasteiger partial charge in [0.1, 0.15) is 11.9 Å². The van der Waals surface area contributed by atoms with Crippen molar-refractivity contribution in [2.45, 2.75) is 32.4 Å². The zero-order chi connectivity index (χ0) is 15.9. The molecular weight excluding hydrogens is 281 g/mol. The number of benzene rings is 1. The molecule has 0 spiro atoms. The lowest BCUT2D eigenvalue weighted by atomic mass is 9.90. The Hall–Kier alpha value is -1.48. The summed E-state index contributed by atoms with van der Waals surface area (Å²) in [6.07, 6.45) is -0.0995. The Morgan fingerprint density at radius 2 is 2.27 bits per heavy atom. The maximum absolute atomic E-state index is 14.1. The number of aryl methyl sites for hydroxylation is 1. The Morgan fingerprint density at radius 3 is 3.00 bits per heavy atom. The summed E-state index contributed by atoms with van der Waals surface area (Å²) >= 11 is 0. The van der Waals surface area contributed by atoms with E-state index in [1.54, 1.807) is 6.92 Å². The van der Waals surface area contributed by atoms with Crippen LogP contribution < -0.4 is 5.32 Å². The van der Waals surface area contributed by atoms with E-state index < -0.39 is 5.82 Å². The van der Waals surface area contributed by atoms with E-state index in [1.807, 2.05) is 19.1 Å². The molecule has 118 valence electrons. The van der Waals surface area contributed by atoms with E-state index in [9.17, 15) is 9.65 Å². The normalized spacial score (nSPS) is 29.0. The molecule has 2 aliphatic rings. The topological polar surface area (TPSA) is 48.3 Å². The molecule has 2 fully saturated rings. The highest BCUT2D eigenvalue weighted by Gasteiger charge is 2.41. The number of halogens is 1. The van der Waals surface area contributed by atoms with E-state index >= 15 is 0 Å². The monoisotopic (exact) mass is 303 g/mol. The summed E-state index contributed by atoms with van der Waals surface area (Å²) in [6.45, 7) is 10.0. The molecule has 0 amide bonds. The van der Waals surface area contributed by atoms with Crippen LogP contribution in [0.15, 0.2) is 6.07 Å². The van der Waals surface area contributed by atoms with Crippen molar-refractivity contribution in [3.8, 4) is 6.07 Å². The van der Waals surface area contributed by atoms with Crippen LogP contribution >= 0.6 is 0 Å². The van der Waals surface area contributed by atoms with Crippen molar-refractivity contribution in [1.29, 1.82) is 5.26 Å². The van der Waals surface area contributed by atoms with Gasteiger partial charge in [-0.15, -0.1) is 0 Å². The minimum atomic E-state index is -0.411. The van der Waals surface area contributed by atoms with Crippen LogP contribution in [0.1, 0.15) is 35.3 Å². The third-order valence-corrected chi connectivity index (χ3v) is 5.01. The van der Waals surface area contributed by atoms with Gasteiger partial charge < -0.3 is 10.1 Å².